The van der Waals surface area contributed by atoms with Crippen molar-refractivity contribution in [3.8, 4) is 12.1 Å². The normalized spacial score (nSPS) is 14.8. The van der Waals surface area contributed by atoms with Crippen molar-refractivity contribution >= 4 is 27.3 Å². The number of rotatable bonds is 39. The van der Waals surface area contributed by atoms with E-state index in [1.54, 1.807) is 24.4 Å². The Morgan fingerprint density at radius 2 is 1.12 bits per heavy atom. The fourth-order valence-corrected chi connectivity index (χ4v) is 8.84. The van der Waals surface area contributed by atoms with E-state index in [0.29, 0.717) is 38.5 Å². The number of unbranched alkanes of at least 4 members (excludes halogenated alkanes) is 6. The van der Waals surface area contributed by atoms with Crippen LogP contribution in [-0.4, -0.2) is 101 Å². The number of halogens is 9. The summed E-state index contributed by atoms with van der Waals surface area (Å²) in [6.07, 6.45) is -17.8. The van der Waals surface area contributed by atoms with E-state index >= 15 is 0 Å². The minimum Gasteiger partial charge on any atom is -0.466 e. The second-order valence-electron chi connectivity index (χ2n) is 14.6. The van der Waals surface area contributed by atoms with Crippen LogP contribution in [-0.2, 0) is 50.8 Å². The molecule has 26 heteroatoms. The van der Waals surface area contributed by atoms with Gasteiger partial charge in [0.2, 0.25) is 0 Å². The third kappa shape index (κ3) is 31.4. The van der Waals surface area contributed by atoms with Gasteiger partial charge in [-0.05, 0) is 76.0 Å². The summed E-state index contributed by atoms with van der Waals surface area (Å²) < 4.78 is 186. The fraction of sp³-hybridized carbons (Fsp3) is 0.895. The third-order valence-corrected chi connectivity index (χ3v) is 12.7. The lowest BCUT2D eigenvalue weighted by molar-refractivity contribution is -0.173. The topological polar surface area (TPSA) is 213 Å². The Kier molecular flexibility index (Phi) is 31.7. The van der Waals surface area contributed by atoms with E-state index in [-0.39, 0.29) is 65.0 Å². The van der Waals surface area contributed by atoms with Crippen molar-refractivity contribution in [2.24, 2.45) is 5.41 Å². The molecule has 0 bridgehead atoms. The summed E-state index contributed by atoms with van der Waals surface area (Å²) in [5.41, 5.74) is -1.71. The average molecular weight is 986 g/mol. The van der Waals surface area contributed by atoms with Crippen LogP contribution in [0.5, 0.6) is 0 Å². The Morgan fingerprint density at radius 3 is 1.64 bits per heavy atom. The van der Waals surface area contributed by atoms with Crippen LogP contribution in [0.3, 0.4) is 0 Å². The molecule has 15 nitrogen and oxygen atoms in total. The molecule has 0 aromatic heterocycles. The zero-order valence-corrected chi connectivity index (χ0v) is 37.8. The first-order chi connectivity index (χ1) is 30.0. The summed E-state index contributed by atoms with van der Waals surface area (Å²) in [7, 11) is -9.45. The number of aliphatic hydroxyl groups is 1. The predicted octanol–water partition coefficient (Wildman–Crippen LogP) is 10.5. The molecule has 0 aliphatic rings. The molecule has 0 aromatic rings. The van der Waals surface area contributed by atoms with Crippen LogP contribution in [0, 0.1) is 28.1 Å². The van der Waals surface area contributed by atoms with Crippen molar-refractivity contribution < 1.29 is 95.4 Å². The number of alkyl halides is 9. The van der Waals surface area contributed by atoms with Crippen LogP contribution >= 0.6 is 15.4 Å². The molecule has 0 fully saturated rings. The number of nitriles is 2. The first-order valence-electron chi connectivity index (χ1n) is 21.0. The fourth-order valence-electron chi connectivity index (χ4n) is 5.86. The van der Waals surface area contributed by atoms with Crippen LogP contribution in [0.1, 0.15) is 129 Å². The highest BCUT2D eigenvalue weighted by atomic mass is 31.2. The Morgan fingerprint density at radius 1 is 0.641 bits per heavy atom. The molecule has 0 aromatic carbocycles. The van der Waals surface area contributed by atoms with Gasteiger partial charge in [0, 0.05) is 32.4 Å². The first kappa shape index (κ1) is 61.5. The monoisotopic (exact) mass is 985 g/mol. The van der Waals surface area contributed by atoms with Crippen LogP contribution < -0.4 is 5.32 Å². The molecule has 64 heavy (non-hydrogen) atoms. The van der Waals surface area contributed by atoms with Crippen molar-refractivity contribution in [2.45, 2.75) is 153 Å². The summed E-state index contributed by atoms with van der Waals surface area (Å²) in [6, 6.07) is 3.53. The molecule has 3 atom stereocenters. The number of ether oxygens (including phenoxy) is 2. The van der Waals surface area contributed by atoms with Gasteiger partial charge < -0.3 is 28.9 Å². The number of carbonyl (C=O) groups is 2. The number of nitrogens with zero attached hydrogens (tertiary/aromatic N) is 2. The Labute approximate surface area is 368 Å². The molecular formula is C38H62F9N3O12P2. The maximum atomic E-state index is 14.7. The summed E-state index contributed by atoms with van der Waals surface area (Å²) >= 11 is 0. The number of nitrogens with one attached hydrogen (secondary N) is 1. The molecule has 0 heterocycles. The lowest BCUT2D eigenvalue weighted by atomic mass is 9.75. The van der Waals surface area contributed by atoms with E-state index in [1.165, 1.54) is 0 Å². The van der Waals surface area contributed by atoms with Gasteiger partial charge in [0.15, 0.2) is 5.85 Å². The zero-order chi connectivity index (χ0) is 48.6. The molecule has 2 N–H and O–H groups in total. The van der Waals surface area contributed by atoms with E-state index < -0.39 is 135 Å². The third-order valence-electron chi connectivity index (χ3n) is 9.18. The van der Waals surface area contributed by atoms with Crippen LogP contribution in [0.25, 0.3) is 0 Å². The molecule has 0 aliphatic heterocycles. The number of carbonyl (C=O) groups excluding carboxylic acids is 2. The number of phosphoric acid groups is 1. The maximum Gasteiger partial charge on any atom is 0.474 e. The highest BCUT2D eigenvalue weighted by Crippen LogP contribution is 2.57. The van der Waals surface area contributed by atoms with E-state index in [2.05, 4.69) is 0 Å². The standard InChI is InChI=1S/C38H62F9N3O12P2/c1-2-32(52)56-25-8-5-6-9-26-58-63(54,59-28-14-21-48)33(30-62-64(55,61-29-15-22-49)60-27-10-4-3-7-24-51)57-31-35(16-11-19-36(39,40)41,17-12-20-37(42,43)44)18-13-23-50-34(53)38(45,46)47/h33,51H,2-20,23-31H2,1H3,(H,50,53). The molecule has 0 radical (unpaired) electrons. The predicted molar refractivity (Wildman–Crippen MR) is 211 cm³/mol. The van der Waals surface area contributed by atoms with Crippen LogP contribution in [0.15, 0.2) is 0 Å². The Balaban J connectivity index is 6.98. The van der Waals surface area contributed by atoms with Crippen molar-refractivity contribution in [1.29, 1.82) is 10.5 Å². The second-order valence-corrected chi connectivity index (χ2v) is 18.5. The lowest BCUT2D eigenvalue weighted by Crippen LogP contribution is -2.38. The van der Waals surface area contributed by atoms with Gasteiger partial charge in [-0.1, -0.05) is 26.2 Å². The molecule has 3 unspecified atom stereocenters. The largest absolute Gasteiger partial charge is 0.474 e. The van der Waals surface area contributed by atoms with Crippen LogP contribution in [0.4, 0.5) is 39.5 Å². The number of hydrogen-bond acceptors (Lipinski definition) is 14. The summed E-state index contributed by atoms with van der Waals surface area (Å²) in [5.74, 6) is -4.73. The van der Waals surface area contributed by atoms with Gasteiger partial charge in [-0.3, -0.25) is 27.7 Å². The summed E-state index contributed by atoms with van der Waals surface area (Å²) in [6.45, 7) is -2.48. The quantitative estimate of drug-likeness (QED) is 0.0254. The van der Waals surface area contributed by atoms with Gasteiger partial charge in [-0.15, -0.1) is 0 Å². The molecule has 0 saturated heterocycles. The van der Waals surface area contributed by atoms with E-state index in [9.17, 15) is 63.5 Å². The van der Waals surface area contributed by atoms with E-state index in [1.807, 2.05) is 0 Å². The molecule has 0 aliphatic carbocycles. The van der Waals surface area contributed by atoms with Crippen molar-refractivity contribution in [1.82, 2.24) is 5.32 Å². The van der Waals surface area contributed by atoms with E-state index in [0.717, 1.165) is 0 Å². The van der Waals surface area contributed by atoms with Crippen molar-refractivity contribution in [3.63, 3.8) is 0 Å². The van der Waals surface area contributed by atoms with Gasteiger partial charge in [-0.25, -0.2) is 4.57 Å². The minimum atomic E-state index is -5.29. The number of hydrogen-bond donors (Lipinski definition) is 2. The van der Waals surface area contributed by atoms with Crippen molar-refractivity contribution in [2.75, 3.05) is 59.4 Å². The maximum absolute atomic E-state index is 14.7. The van der Waals surface area contributed by atoms with Crippen LogP contribution in [0.2, 0.25) is 0 Å². The number of aliphatic hydroxyl groups excluding tert-OH is 1. The number of esters is 1. The molecular weight excluding hydrogens is 923 g/mol. The van der Waals surface area contributed by atoms with Gasteiger partial charge in [0.05, 0.1) is 71.2 Å². The number of phosphoric ester groups is 1. The molecule has 0 spiro atoms. The summed E-state index contributed by atoms with van der Waals surface area (Å²) in [4.78, 5) is 22.9. The highest BCUT2D eigenvalue weighted by molar-refractivity contribution is 7.54. The van der Waals surface area contributed by atoms with Gasteiger partial charge >= 0.3 is 45.8 Å². The second kappa shape index (κ2) is 33.0. The molecule has 374 valence electrons. The van der Waals surface area contributed by atoms with Crippen molar-refractivity contribution in [3.05, 3.63) is 0 Å². The molecule has 1 amide bonds. The average Bonchev–Trinajstić information content (AvgIpc) is 3.20. The van der Waals surface area contributed by atoms with Gasteiger partial charge in [0.1, 0.15) is 0 Å². The lowest BCUT2D eigenvalue weighted by Gasteiger charge is -2.37. The van der Waals surface area contributed by atoms with Gasteiger partial charge in [-0.2, -0.15) is 50.0 Å². The SMILES string of the molecule is CCC(=O)OCCCCCCOP(=O)(OCCC#N)C(COP(=O)(OCCC#N)OCCCCCCO)OCC(CCCNC(=O)C(F)(F)F)(CCCC(F)(F)F)CCCC(F)(F)F. The smallest absolute Gasteiger partial charge is 0.466 e. The first-order valence-corrected chi connectivity index (χ1v) is 24.1. The minimum absolute atomic E-state index is 0.0730. The van der Waals surface area contributed by atoms with E-state index in [4.69, 9.17) is 42.5 Å². The molecule has 0 saturated carbocycles. The van der Waals surface area contributed by atoms with Gasteiger partial charge in [0.25, 0.3) is 0 Å². The number of amides is 1. The Hall–Kier alpha value is -2.53. The zero-order valence-electron chi connectivity index (χ0n) is 36.0. The highest BCUT2D eigenvalue weighted by Gasteiger charge is 2.44. The molecule has 0 rings (SSSR count). The summed E-state index contributed by atoms with van der Waals surface area (Å²) in [5, 5.41) is 28.9. The Bertz CT molecular complexity index is 1460.